The van der Waals surface area contributed by atoms with Gasteiger partial charge < -0.3 is 9.64 Å². The largest absolute Gasteiger partial charge is 0.436 e. The minimum atomic E-state index is -0.243. The van der Waals surface area contributed by atoms with E-state index in [-0.39, 0.29) is 11.8 Å². The van der Waals surface area contributed by atoms with Gasteiger partial charge in [0.25, 0.3) is 5.91 Å². The summed E-state index contributed by atoms with van der Waals surface area (Å²) in [4.78, 5) is 18.0. The van der Waals surface area contributed by atoms with Gasteiger partial charge in [-0.3, -0.25) is 4.79 Å². The molecule has 0 unspecified atom stereocenters. The van der Waals surface area contributed by atoms with Crippen LogP contribution < -0.4 is 9.64 Å². The van der Waals surface area contributed by atoms with Crippen LogP contribution in [-0.2, 0) is 0 Å². The SMILES string of the molecule is Cc1cc(C#N)c2c(c1)Oc1ncccc1C(=O)N2C. The zero-order valence-corrected chi connectivity index (χ0v) is 11.0. The van der Waals surface area contributed by atoms with E-state index < -0.39 is 0 Å². The molecule has 0 radical (unpaired) electrons. The fourth-order valence-corrected chi connectivity index (χ4v) is 2.28. The molecule has 0 saturated carbocycles. The maximum absolute atomic E-state index is 12.4. The summed E-state index contributed by atoms with van der Waals surface area (Å²) in [6.07, 6.45) is 1.57. The lowest BCUT2D eigenvalue weighted by atomic mass is 10.1. The molecule has 1 aromatic heterocycles. The van der Waals surface area contributed by atoms with Crippen LogP contribution in [0, 0.1) is 18.3 Å². The number of nitriles is 1. The van der Waals surface area contributed by atoms with Crippen LogP contribution in [0.1, 0.15) is 21.5 Å². The number of carbonyl (C=O) groups is 1. The number of aryl methyl sites for hydroxylation is 1. The topological polar surface area (TPSA) is 66.2 Å². The molecule has 1 amide bonds. The first-order chi connectivity index (χ1) is 9.61. The number of nitrogens with zero attached hydrogens (tertiary/aromatic N) is 3. The Morgan fingerprint density at radius 1 is 1.40 bits per heavy atom. The fourth-order valence-electron chi connectivity index (χ4n) is 2.28. The molecule has 0 spiro atoms. The predicted molar refractivity (Wildman–Crippen MR) is 72.9 cm³/mol. The summed E-state index contributed by atoms with van der Waals surface area (Å²) in [5.74, 6) is 0.486. The second-order valence-electron chi connectivity index (χ2n) is 4.59. The highest BCUT2D eigenvalue weighted by Crippen LogP contribution is 2.40. The van der Waals surface area contributed by atoms with Gasteiger partial charge in [-0.2, -0.15) is 5.26 Å². The molecule has 2 aromatic rings. The Kier molecular flexibility index (Phi) is 2.65. The summed E-state index contributed by atoms with van der Waals surface area (Å²) in [5, 5.41) is 9.27. The van der Waals surface area contributed by atoms with E-state index >= 15 is 0 Å². The third-order valence-corrected chi connectivity index (χ3v) is 3.19. The number of pyridine rings is 1. The Morgan fingerprint density at radius 3 is 2.95 bits per heavy atom. The van der Waals surface area contributed by atoms with E-state index in [2.05, 4.69) is 11.1 Å². The first-order valence-corrected chi connectivity index (χ1v) is 6.07. The van der Waals surface area contributed by atoms with Crippen molar-refractivity contribution in [3.8, 4) is 17.7 Å². The van der Waals surface area contributed by atoms with Crippen LogP contribution in [0.3, 0.4) is 0 Å². The number of aromatic nitrogens is 1. The van der Waals surface area contributed by atoms with E-state index in [0.29, 0.717) is 22.6 Å². The molecular formula is C15H11N3O2. The van der Waals surface area contributed by atoms with Crippen LogP contribution in [0.25, 0.3) is 0 Å². The molecule has 98 valence electrons. The Hall–Kier alpha value is -2.87. The average molecular weight is 265 g/mol. The lowest BCUT2D eigenvalue weighted by Crippen LogP contribution is -2.26. The molecule has 0 N–H and O–H groups in total. The number of amides is 1. The number of fused-ring (bicyclic) bond motifs is 2. The summed E-state index contributed by atoms with van der Waals surface area (Å²) >= 11 is 0. The zero-order valence-electron chi connectivity index (χ0n) is 11.0. The van der Waals surface area contributed by atoms with Gasteiger partial charge in [0.15, 0.2) is 5.75 Å². The minimum absolute atomic E-state index is 0.243. The molecule has 3 rings (SSSR count). The number of anilines is 1. The molecule has 0 atom stereocenters. The molecule has 20 heavy (non-hydrogen) atoms. The number of carbonyl (C=O) groups excluding carboxylic acids is 1. The van der Waals surface area contributed by atoms with Crippen molar-refractivity contribution in [2.75, 3.05) is 11.9 Å². The summed E-state index contributed by atoms with van der Waals surface area (Å²) in [6.45, 7) is 1.87. The Morgan fingerprint density at radius 2 is 2.20 bits per heavy atom. The lowest BCUT2D eigenvalue weighted by molar-refractivity contribution is 0.0992. The highest BCUT2D eigenvalue weighted by Gasteiger charge is 2.28. The number of rotatable bonds is 0. The number of ether oxygens (including phenoxy) is 1. The van der Waals surface area contributed by atoms with Crippen molar-refractivity contribution in [1.29, 1.82) is 5.26 Å². The van der Waals surface area contributed by atoms with Crippen LogP contribution >= 0.6 is 0 Å². The van der Waals surface area contributed by atoms with E-state index in [1.807, 2.05) is 6.92 Å². The van der Waals surface area contributed by atoms with Gasteiger partial charge in [-0.25, -0.2) is 4.98 Å². The minimum Gasteiger partial charge on any atom is -0.436 e. The maximum atomic E-state index is 12.4. The van der Waals surface area contributed by atoms with E-state index in [4.69, 9.17) is 4.74 Å². The highest BCUT2D eigenvalue weighted by molar-refractivity contribution is 6.09. The maximum Gasteiger partial charge on any atom is 0.263 e. The summed E-state index contributed by atoms with van der Waals surface area (Å²) < 4.78 is 5.74. The molecule has 0 saturated heterocycles. The van der Waals surface area contributed by atoms with Crippen molar-refractivity contribution < 1.29 is 9.53 Å². The van der Waals surface area contributed by atoms with Gasteiger partial charge in [-0.1, -0.05) is 0 Å². The molecule has 0 aliphatic carbocycles. The molecule has 2 heterocycles. The Labute approximate surface area is 116 Å². The van der Waals surface area contributed by atoms with Gasteiger partial charge in [0.1, 0.15) is 17.3 Å². The molecule has 0 bridgehead atoms. The standard InChI is InChI=1S/C15H11N3O2/c1-9-6-10(8-16)13-12(7-9)20-14-11(4-3-5-17-14)15(19)18(13)2/h3-7H,1-2H3. The van der Waals surface area contributed by atoms with Crippen molar-refractivity contribution >= 4 is 11.6 Å². The van der Waals surface area contributed by atoms with Crippen molar-refractivity contribution in [2.24, 2.45) is 0 Å². The van der Waals surface area contributed by atoms with Crippen molar-refractivity contribution in [1.82, 2.24) is 4.98 Å². The number of hydrogen-bond acceptors (Lipinski definition) is 4. The van der Waals surface area contributed by atoms with Gasteiger partial charge in [0, 0.05) is 13.2 Å². The van der Waals surface area contributed by atoms with Crippen LogP contribution in [0.4, 0.5) is 5.69 Å². The normalized spacial score (nSPS) is 12.8. The first-order valence-electron chi connectivity index (χ1n) is 6.07. The van der Waals surface area contributed by atoms with Crippen molar-refractivity contribution in [3.05, 3.63) is 47.2 Å². The first kappa shape index (κ1) is 12.2. The second-order valence-corrected chi connectivity index (χ2v) is 4.59. The number of hydrogen-bond donors (Lipinski definition) is 0. The van der Waals surface area contributed by atoms with Crippen molar-refractivity contribution in [3.63, 3.8) is 0 Å². The van der Waals surface area contributed by atoms with Gasteiger partial charge >= 0.3 is 0 Å². The molecule has 1 aromatic carbocycles. The van der Waals surface area contributed by atoms with Crippen LogP contribution in [0.2, 0.25) is 0 Å². The monoisotopic (exact) mass is 265 g/mol. The van der Waals surface area contributed by atoms with Gasteiger partial charge in [0.05, 0.1) is 5.56 Å². The molecular weight excluding hydrogens is 254 g/mol. The Balaban J connectivity index is 2.31. The van der Waals surface area contributed by atoms with E-state index in [1.54, 1.807) is 37.5 Å². The third-order valence-electron chi connectivity index (χ3n) is 3.19. The van der Waals surface area contributed by atoms with Crippen molar-refractivity contribution in [2.45, 2.75) is 6.92 Å². The van der Waals surface area contributed by atoms with E-state index in [1.165, 1.54) is 4.90 Å². The lowest BCUT2D eigenvalue weighted by Gasteiger charge is -2.18. The van der Waals surface area contributed by atoms with Crippen LogP contribution in [0.5, 0.6) is 11.6 Å². The number of benzene rings is 1. The summed E-state index contributed by atoms with van der Waals surface area (Å²) in [6, 6.07) is 8.97. The predicted octanol–water partition coefficient (Wildman–Crippen LogP) is 2.64. The quantitative estimate of drug-likeness (QED) is 0.734. The zero-order chi connectivity index (χ0) is 14.3. The molecule has 1 aliphatic heterocycles. The van der Waals surface area contributed by atoms with Gasteiger partial charge in [-0.05, 0) is 36.8 Å². The molecule has 0 fully saturated rings. The molecule has 5 heteroatoms. The third kappa shape index (κ3) is 1.70. The van der Waals surface area contributed by atoms with E-state index in [9.17, 15) is 10.1 Å². The molecule has 5 nitrogen and oxygen atoms in total. The van der Waals surface area contributed by atoms with Crippen LogP contribution in [0.15, 0.2) is 30.5 Å². The average Bonchev–Trinajstić information content (AvgIpc) is 2.55. The Bertz CT molecular complexity index is 762. The van der Waals surface area contributed by atoms with Gasteiger partial charge in [-0.15, -0.1) is 0 Å². The van der Waals surface area contributed by atoms with Gasteiger partial charge in [0.2, 0.25) is 5.88 Å². The van der Waals surface area contributed by atoms with E-state index in [0.717, 1.165) is 5.56 Å². The molecule has 1 aliphatic rings. The summed E-state index contributed by atoms with van der Waals surface area (Å²) in [7, 11) is 1.63. The smallest absolute Gasteiger partial charge is 0.263 e. The summed E-state index contributed by atoms with van der Waals surface area (Å²) in [5.41, 5.74) is 2.15. The fraction of sp³-hybridized carbons (Fsp3) is 0.133. The van der Waals surface area contributed by atoms with Crippen LogP contribution in [-0.4, -0.2) is 17.9 Å². The highest BCUT2D eigenvalue weighted by atomic mass is 16.5. The second kappa shape index (κ2) is 4.35.